The van der Waals surface area contributed by atoms with Gasteiger partial charge in [-0.05, 0) is 24.1 Å². The molecule has 3 nitrogen and oxygen atoms in total. The zero-order valence-corrected chi connectivity index (χ0v) is 9.30. The van der Waals surface area contributed by atoms with E-state index in [1.54, 1.807) is 11.4 Å². The molecule has 0 spiro atoms. The summed E-state index contributed by atoms with van der Waals surface area (Å²) in [5.74, 6) is -0.192. The molecule has 0 fully saturated rings. The van der Waals surface area contributed by atoms with E-state index in [1.165, 1.54) is 23.5 Å². The number of hydrogen-bond donors (Lipinski definition) is 2. The lowest BCUT2D eigenvalue weighted by molar-refractivity contribution is 0.458. The topological polar surface area (TPSA) is 45.1 Å². The summed E-state index contributed by atoms with van der Waals surface area (Å²) >= 11 is 1.34. The van der Waals surface area contributed by atoms with Crippen LogP contribution in [0.5, 0.6) is 5.88 Å². The number of rotatable bonds is 4. The maximum atomic E-state index is 12.9. The van der Waals surface area contributed by atoms with Crippen molar-refractivity contribution < 1.29 is 9.50 Å². The Hall–Kier alpha value is -1.62. The monoisotopic (exact) mass is 238 g/mol. The Kier molecular flexibility index (Phi) is 3.36. The van der Waals surface area contributed by atoms with Gasteiger partial charge in [-0.2, -0.15) is 4.98 Å². The molecule has 0 unspecified atom stereocenters. The number of nitrogens with one attached hydrogen (secondary N) is 1. The van der Waals surface area contributed by atoms with E-state index in [1.807, 2.05) is 6.07 Å². The van der Waals surface area contributed by atoms with Gasteiger partial charge in [0.1, 0.15) is 5.82 Å². The normalized spacial score (nSPS) is 10.3. The number of hydrogen-bond acceptors (Lipinski definition) is 4. The molecule has 1 aromatic carbocycles. The van der Waals surface area contributed by atoms with Crippen molar-refractivity contribution >= 4 is 16.5 Å². The molecule has 0 saturated carbocycles. The van der Waals surface area contributed by atoms with E-state index in [-0.39, 0.29) is 11.7 Å². The molecule has 0 bridgehead atoms. The van der Waals surface area contributed by atoms with Gasteiger partial charge >= 0.3 is 0 Å². The van der Waals surface area contributed by atoms with Crippen LogP contribution in [0.3, 0.4) is 0 Å². The molecule has 5 heteroatoms. The average Bonchev–Trinajstić information content (AvgIpc) is 2.64. The first-order valence-corrected chi connectivity index (χ1v) is 5.75. The van der Waals surface area contributed by atoms with Crippen LogP contribution in [0, 0.1) is 5.82 Å². The lowest BCUT2D eigenvalue weighted by Gasteiger charge is -2.02. The molecule has 2 aromatic rings. The van der Waals surface area contributed by atoms with Crippen LogP contribution in [0.25, 0.3) is 0 Å². The molecule has 0 saturated heterocycles. The summed E-state index contributed by atoms with van der Waals surface area (Å²) in [4.78, 5) is 3.85. The highest BCUT2D eigenvalue weighted by atomic mass is 32.1. The van der Waals surface area contributed by atoms with Crippen molar-refractivity contribution in [2.24, 2.45) is 0 Å². The summed E-state index contributed by atoms with van der Waals surface area (Å²) in [7, 11) is 0. The van der Waals surface area contributed by atoms with Crippen molar-refractivity contribution in [3.63, 3.8) is 0 Å². The van der Waals surface area contributed by atoms with E-state index < -0.39 is 0 Å². The number of aromatic nitrogens is 1. The first-order chi connectivity index (χ1) is 7.74. The minimum atomic E-state index is -0.218. The maximum Gasteiger partial charge on any atom is 0.223 e. The summed E-state index contributed by atoms with van der Waals surface area (Å²) in [5, 5.41) is 14.3. The molecule has 0 aliphatic rings. The molecule has 0 amide bonds. The summed E-state index contributed by atoms with van der Waals surface area (Å²) < 4.78 is 12.9. The van der Waals surface area contributed by atoms with Crippen molar-refractivity contribution in [3.05, 3.63) is 41.0 Å². The van der Waals surface area contributed by atoms with Crippen LogP contribution in [-0.4, -0.2) is 16.6 Å². The van der Waals surface area contributed by atoms with E-state index in [0.717, 1.165) is 12.0 Å². The van der Waals surface area contributed by atoms with Gasteiger partial charge in [-0.15, -0.1) is 11.3 Å². The summed E-state index contributed by atoms with van der Waals surface area (Å²) in [6, 6.07) is 6.51. The zero-order chi connectivity index (χ0) is 11.4. The zero-order valence-electron chi connectivity index (χ0n) is 8.48. The summed E-state index contributed by atoms with van der Waals surface area (Å²) in [6.45, 7) is 0.663. The lowest BCUT2D eigenvalue weighted by Crippen LogP contribution is -2.04. The Morgan fingerprint density at radius 1 is 1.44 bits per heavy atom. The number of halogens is 1. The highest BCUT2D eigenvalue weighted by molar-refractivity contribution is 7.13. The van der Waals surface area contributed by atoms with Crippen LogP contribution in [0.4, 0.5) is 9.52 Å². The summed E-state index contributed by atoms with van der Waals surface area (Å²) in [5.41, 5.74) is 0.938. The smallest absolute Gasteiger partial charge is 0.223 e. The third kappa shape index (κ3) is 2.93. The predicted octanol–water partition coefficient (Wildman–Crippen LogP) is 2.64. The molecule has 2 N–H and O–H groups in total. The Labute approximate surface area is 96.6 Å². The Morgan fingerprint density at radius 2 is 2.31 bits per heavy atom. The van der Waals surface area contributed by atoms with Gasteiger partial charge in [0.2, 0.25) is 5.88 Å². The number of benzene rings is 1. The molecule has 2 rings (SSSR count). The van der Waals surface area contributed by atoms with Crippen molar-refractivity contribution in [1.29, 1.82) is 0 Å². The maximum absolute atomic E-state index is 12.9. The second kappa shape index (κ2) is 4.94. The van der Waals surface area contributed by atoms with Gasteiger partial charge in [0.15, 0.2) is 5.13 Å². The summed E-state index contributed by atoms with van der Waals surface area (Å²) in [6.07, 6.45) is 0.720. The third-order valence-corrected chi connectivity index (χ3v) is 2.86. The van der Waals surface area contributed by atoms with Gasteiger partial charge < -0.3 is 10.4 Å². The fraction of sp³-hybridized carbons (Fsp3) is 0.182. The lowest BCUT2D eigenvalue weighted by atomic mass is 10.1. The second-order valence-corrected chi connectivity index (χ2v) is 4.18. The SMILES string of the molecule is Oc1csc(NCCc2cccc(F)c2)n1. The van der Waals surface area contributed by atoms with Gasteiger partial charge in [0, 0.05) is 6.54 Å². The number of thiazole rings is 1. The highest BCUT2D eigenvalue weighted by Crippen LogP contribution is 2.19. The van der Waals surface area contributed by atoms with Crippen LogP contribution < -0.4 is 5.32 Å². The van der Waals surface area contributed by atoms with Crippen molar-refractivity contribution in [3.8, 4) is 5.88 Å². The fourth-order valence-electron chi connectivity index (χ4n) is 1.35. The molecule has 0 atom stereocenters. The van der Waals surface area contributed by atoms with Crippen molar-refractivity contribution in [1.82, 2.24) is 4.98 Å². The van der Waals surface area contributed by atoms with E-state index in [9.17, 15) is 4.39 Å². The van der Waals surface area contributed by atoms with Gasteiger partial charge in [-0.3, -0.25) is 0 Å². The van der Waals surface area contributed by atoms with Crippen molar-refractivity contribution in [2.45, 2.75) is 6.42 Å². The van der Waals surface area contributed by atoms with E-state index in [0.29, 0.717) is 11.7 Å². The Balaban J connectivity index is 1.84. The third-order valence-electron chi connectivity index (χ3n) is 2.07. The molecule has 84 valence electrons. The molecule has 16 heavy (non-hydrogen) atoms. The van der Waals surface area contributed by atoms with Crippen LogP contribution in [0.2, 0.25) is 0 Å². The van der Waals surface area contributed by atoms with Crippen LogP contribution in [0.1, 0.15) is 5.56 Å². The van der Waals surface area contributed by atoms with E-state index >= 15 is 0 Å². The largest absolute Gasteiger partial charge is 0.493 e. The minimum Gasteiger partial charge on any atom is -0.493 e. The molecule has 1 aromatic heterocycles. The molecule has 0 aliphatic heterocycles. The number of anilines is 1. The number of nitrogens with zero attached hydrogens (tertiary/aromatic N) is 1. The predicted molar refractivity (Wildman–Crippen MR) is 62.4 cm³/mol. The van der Waals surface area contributed by atoms with Gasteiger partial charge in [0.25, 0.3) is 0 Å². The Morgan fingerprint density at radius 3 is 3.00 bits per heavy atom. The first-order valence-electron chi connectivity index (χ1n) is 4.87. The van der Waals surface area contributed by atoms with Crippen LogP contribution in [-0.2, 0) is 6.42 Å². The van der Waals surface area contributed by atoms with Gasteiger partial charge in [-0.25, -0.2) is 4.39 Å². The van der Waals surface area contributed by atoms with Crippen molar-refractivity contribution in [2.75, 3.05) is 11.9 Å². The standard InChI is InChI=1S/C11H11FN2OS/c12-9-3-1-2-8(6-9)4-5-13-11-14-10(15)7-16-11/h1-3,6-7,15H,4-5H2,(H,13,14). The van der Waals surface area contributed by atoms with Crippen LogP contribution in [0.15, 0.2) is 29.6 Å². The molecular formula is C11H11FN2OS. The van der Waals surface area contributed by atoms with Gasteiger partial charge in [0.05, 0.1) is 5.38 Å². The second-order valence-electron chi connectivity index (χ2n) is 3.32. The van der Waals surface area contributed by atoms with E-state index in [2.05, 4.69) is 10.3 Å². The Bertz CT molecular complexity index is 473. The molecule has 1 heterocycles. The molecule has 0 radical (unpaired) electrons. The van der Waals surface area contributed by atoms with E-state index in [4.69, 9.17) is 5.11 Å². The molecule has 0 aliphatic carbocycles. The fourth-order valence-corrected chi connectivity index (χ4v) is 1.95. The minimum absolute atomic E-state index is 0.0262. The number of aromatic hydroxyl groups is 1. The molecular weight excluding hydrogens is 227 g/mol. The quantitative estimate of drug-likeness (QED) is 0.860. The van der Waals surface area contributed by atoms with Crippen LogP contribution >= 0.6 is 11.3 Å². The van der Waals surface area contributed by atoms with Gasteiger partial charge in [-0.1, -0.05) is 12.1 Å². The average molecular weight is 238 g/mol. The first kappa shape index (κ1) is 10.9. The highest BCUT2D eigenvalue weighted by Gasteiger charge is 1.99.